The minimum Gasteiger partial charge on any atom is -0.481 e. The summed E-state index contributed by atoms with van der Waals surface area (Å²) in [6, 6.07) is 13.4. The highest BCUT2D eigenvalue weighted by Crippen LogP contribution is 2.33. The number of carbonyl (C=O) groups excluding carboxylic acids is 1. The quantitative estimate of drug-likeness (QED) is 0.320. The van der Waals surface area contributed by atoms with E-state index in [-0.39, 0.29) is 13.0 Å². The van der Waals surface area contributed by atoms with Gasteiger partial charge >= 0.3 is 5.97 Å². The molecule has 10 nitrogen and oxygen atoms in total. The molecule has 1 fully saturated rings. The number of ether oxygens (including phenoxy) is 2. The standard InChI is InChI=1S/C22H25NO9/c24-11-16-18(27)19(28)20(29)22(32-16)31-15-4-2-1-3-14(15)12-5-7-13(8-6-12)21(30)23-10-9-17(25)26/h1-8,16,18-20,22,24,27-29H,9-11H2,(H,23,30)(H,25,26). The SMILES string of the molecule is O=C(O)CCNC(=O)c1ccc(-c2ccccc2OC2OC(CO)C(O)C(O)C2O)cc1. The zero-order valence-electron chi connectivity index (χ0n) is 17.0. The van der Waals surface area contributed by atoms with E-state index in [0.717, 1.165) is 0 Å². The van der Waals surface area contributed by atoms with Gasteiger partial charge in [0, 0.05) is 17.7 Å². The van der Waals surface area contributed by atoms with E-state index >= 15 is 0 Å². The van der Waals surface area contributed by atoms with Crippen molar-refractivity contribution >= 4 is 11.9 Å². The number of nitrogens with one attached hydrogen (secondary N) is 1. The van der Waals surface area contributed by atoms with Gasteiger partial charge in [0.15, 0.2) is 0 Å². The molecule has 10 heteroatoms. The van der Waals surface area contributed by atoms with Crippen LogP contribution in [0.25, 0.3) is 11.1 Å². The molecule has 1 aliphatic rings. The lowest BCUT2D eigenvalue weighted by Crippen LogP contribution is -2.60. The minimum atomic E-state index is -1.56. The van der Waals surface area contributed by atoms with Crippen molar-refractivity contribution < 1.29 is 44.6 Å². The molecule has 2 aromatic rings. The molecule has 0 spiro atoms. The largest absolute Gasteiger partial charge is 0.481 e. The number of benzene rings is 2. The molecule has 0 saturated carbocycles. The number of aliphatic hydroxyl groups is 4. The molecule has 1 aliphatic heterocycles. The smallest absolute Gasteiger partial charge is 0.305 e. The van der Waals surface area contributed by atoms with Crippen molar-refractivity contribution in [2.24, 2.45) is 0 Å². The Morgan fingerprint density at radius 3 is 2.31 bits per heavy atom. The Morgan fingerprint density at radius 1 is 0.969 bits per heavy atom. The van der Waals surface area contributed by atoms with Gasteiger partial charge in [-0.05, 0) is 23.8 Å². The van der Waals surface area contributed by atoms with E-state index in [0.29, 0.717) is 22.4 Å². The van der Waals surface area contributed by atoms with Crippen LogP contribution >= 0.6 is 0 Å². The van der Waals surface area contributed by atoms with E-state index in [1.165, 1.54) is 0 Å². The van der Waals surface area contributed by atoms with Crippen molar-refractivity contribution in [2.45, 2.75) is 37.1 Å². The lowest BCUT2D eigenvalue weighted by Gasteiger charge is -2.39. The first-order chi connectivity index (χ1) is 15.3. The predicted octanol–water partition coefficient (Wildman–Crippen LogP) is -0.263. The van der Waals surface area contributed by atoms with Gasteiger partial charge in [-0.1, -0.05) is 30.3 Å². The third kappa shape index (κ3) is 5.42. The lowest BCUT2D eigenvalue weighted by atomic mass is 9.99. The summed E-state index contributed by atoms with van der Waals surface area (Å²) in [6.45, 7) is -0.547. The van der Waals surface area contributed by atoms with Crippen molar-refractivity contribution in [3.8, 4) is 16.9 Å². The number of carbonyl (C=O) groups is 2. The van der Waals surface area contributed by atoms with Gasteiger partial charge in [0.1, 0.15) is 30.2 Å². The second-order valence-corrected chi connectivity index (χ2v) is 7.29. The molecule has 1 heterocycles. The molecule has 0 aromatic heterocycles. The first-order valence-electron chi connectivity index (χ1n) is 9.98. The molecule has 2 aromatic carbocycles. The molecular weight excluding hydrogens is 422 g/mol. The summed E-state index contributed by atoms with van der Waals surface area (Å²) in [4.78, 5) is 22.7. The van der Waals surface area contributed by atoms with Crippen LogP contribution < -0.4 is 10.1 Å². The fourth-order valence-corrected chi connectivity index (χ4v) is 3.28. The molecule has 172 valence electrons. The van der Waals surface area contributed by atoms with Crippen LogP contribution in [-0.2, 0) is 9.53 Å². The number of para-hydroxylation sites is 1. The Balaban J connectivity index is 1.75. The minimum absolute atomic E-state index is 0.0195. The number of aliphatic hydroxyl groups excluding tert-OH is 4. The van der Waals surface area contributed by atoms with Crippen molar-refractivity contribution in [3.63, 3.8) is 0 Å². The first kappa shape index (κ1) is 23.6. The molecule has 3 rings (SSSR count). The molecule has 1 amide bonds. The fourth-order valence-electron chi connectivity index (χ4n) is 3.28. The number of carboxylic acids is 1. The molecule has 5 atom stereocenters. The van der Waals surface area contributed by atoms with E-state index in [9.17, 15) is 30.0 Å². The fraction of sp³-hybridized carbons (Fsp3) is 0.364. The molecule has 0 radical (unpaired) electrons. The number of aliphatic carboxylic acids is 1. The van der Waals surface area contributed by atoms with Crippen LogP contribution in [-0.4, -0.2) is 81.3 Å². The van der Waals surface area contributed by atoms with Gasteiger partial charge in [0.25, 0.3) is 5.91 Å². The zero-order chi connectivity index (χ0) is 23.3. The Hall–Kier alpha value is -3.02. The number of carboxylic acid groups (broad SMARTS) is 1. The summed E-state index contributed by atoms with van der Waals surface area (Å²) in [5.74, 6) is -1.09. The van der Waals surface area contributed by atoms with E-state index < -0.39 is 49.2 Å². The highest BCUT2D eigenvalue weighted by Gasteiger charge is 2.44. The van der Waals surface area contributed by atoms with Gasteiger partial charge in [-0.3, -0.25) is 9.59 Å². The number of amides is 1. The van der Waals surface area contributed by atoms with Gasteiger partial charge in [-0.25, -0.2) is 0 Å². The number of rotatable bonds is 8. The average molecular weight is 447 g/mol. The average Bonchev–Trinajstić information content (AvgIpc) is 2.79. The summed E-state index contributed by atoms with van der Waals surface area (Å²) in [7, 11) is 0. The van der Waals surface area contributed by atoms with Gasteiger partial charge in [0.2, 0.25) is 6.29 Å². The Kier molecular flexibility index (Phi) is 7.78. The second kappa shape index (κ2) is 10.5. The van der Waals surface area contributed by atoms with Gasteiger partial charge in [-0.2, -0.15) is 0 Å². The van der Waals surface area contributed by atoms with Crippen LogP contribution in [0.3, 0.4) is 0 Å². The molecule has 1 saturated heterocycles. The van der Waals surface area contributed by atoms with Crippen molar-refractivity contribution in [1.29, 1.82) is 0 Å². The summed E-state index contributed by atoms with van der Waals surface area (Å²) < 4.78 is 11.2. The zero-order valence-corrected chi connectivity index (χ0v) is 17.0. The maximum Gasteiger partial charge on any atom is 0.305 e. The number of hydrogen-bond acceptors (Lipinski definition) is 8. The predicted molar refractivity (Wildman–Crippen MR) is 111 cm³/mol. The topological polar surface area (TPSA) is 166 Å². The number of hydrogen-bond donors (Lipinski definition) is 6. The highest BCUT2D eigenvalue weighted by atomic mass is 16.7. The highest BCUT2D eigenvalue weighted by molar-refractivity contribution is 5.95. The lowest BCUT2D eigenvalue weighted by molar-refractivity contribution is -0.277. The van der Waals surface area contributed by atoms with Crippen molar-refractivity contribution in [2.75, 3.05) is 13.2 Å². The van der Waals surface area contributed by atoms with Crippen LogP contribution in [0, 0.1) is 0 Å². The molecule has 0 aliphatic carbocycles. The molecule has 5 unspecified atom stereocenters. The molecular formula is C22H25NO9. The summed E-state index contributed by atoms with van der Waals surface area (Å²) in [5, 5.41) is 50.6. The van der Waals surface area contributed by atoms with Gasteiger partial charge in [-0.15, -0.1) is 0 Å². The second-order valence-electron chi connectivity index (χ2n) is 7.29. The summed E-state index contributed by atoms with van der Waals surface area (Å²) in [6.07, 6.45) is -7.18. The van der Waals surface area contributed by atoms with Crippen molar-refractivity contribution in [1.82, 2.24) is 5.32 Å². The monoisotopic (exact) mass is 447 g/mol. The van der Waals surface area contributed by atoms with E-state index in [1.54, 1.807) is 48.5 Å². The maximum atomic E-state index is 12.1. The van der Waals surface area contributed by atoms with Gasteiger partial charge in [0.05, 0.1) is 13.0 Å². The molecule has 0 bridgehead atoms. The van der Waals surface area contributed by atoms with Crippen LogP contribution in [0.5, 0.6) is 5.75 Å². The van der Waals surface area contributed by atoms with Crippen LogP contribution in [0.15, 0.2) is 48.5 Å². The third-order valence-corrected chi connectivity index (χ3v) is 5.06. The van der Waals surface area contributed by atoms with E-state index in [2.05, 4.69) is 5.32 Å². The molecule has 6 N–H and O–H groups in total. The Labute approximate surface area is 183 Å². The van der Waals surface area contributed by atoms with Crippen LogP contribution in [0.4, 0.5) is 0 Å². The maximum absolute atomic E-state index is 12.1. The van der Waals surface area contributed by atoms with Crippen LogP contribution in [0.1, 0.15) is 16.8 Å². The summed E-state index contributed by atoms with van der Waals surface area (Å²) >= 11 is 0. The summed E-state index contributed by atoms with van der Waals surface area (Å²) in [5.41, 5.74) is 1.65. The normalized spacial score (nSPS) is 25.2. The Bertz CT molecular complexity index is 931. The van der Waals surface area contributed by atoms with Crippen LogP contribution in [0.2, 0.25) is 0 Å². The van der Waals surface area contributed by atoms with Gasteiger partial charge < -0.3 is 40.3 Å². The van der Waals surface area contributed by atoms with E-state index in [1.807, 2.05) is 0 Å². The van der Waals surface area contributed by atoms with E-state index in [4.69, 9.17) is 14.6 Å². The first-order valence-corrected chi connectivity index (χ1v) is 9.98. The van der Waals surface area contributed by atoms with Crippen molar-refractivity contribution in [3.05, 3.63) is 54.1 Å². The Morgan fingerprint density at radius 2 is 1.66 bits per heavy atom. The molecule has 32 heavy (non-hydrogen) atoms. The third-order valence-electron chi connectivity index (χ3n) is 5.06.